The zero-order valence-corrected chi connectivity index (χ0v) is 7.80. The lowest BCUT2D eigenvalue weighted by molar-refractivity contribution is -0.377. The largest absolute Gasteiger partial charge is 0.384 e. The van der Waals surface area contributed by atoms with Crippen LogP contribution in [0.5, 0.6) is 0 Å². The minimum atomic E-state index is 0. The van der Waals surface area contributed by atoms with Crippen LogP contribution in [0.3, 0.4) is 0 Å². The summed E-state index contributed by atoms with van der Waals surface area (Å²) in [5.74, 6) is 0.745. The Morgan fingerprint density at radius 2 is 2.00 bits per heavy atom. The molecule has 0 saturated carbocycles. The summed E-state index contributed by atoms with van der Waals surface area (Å²) in [7, 11) is 0. The Labute approximate surface area is 81.4 Å². The second kappa shape index (κ2) is 6.46. The van der Waals surface area contributed by atoms with Gasteiger partial charge in [0, 0.05) is 24.4 Å². The van der Waals surface area contributed by atoms with Crippen LogP contribution in [0.2, 0.25) is 0 Å². The summed E-state index contributed by atoms with van der Waals surface area (Å²) < 4.78 is 0. The molecule has 1 aromatic rings. The molecule has 0 aliphatic heterocycles. The second-order valence-electron chi connectivity index (χ2n) is 3.18. The Morgan fingerprint density at radius 3 is 2.54 bits per heavy atom. The molecule has 0 aliphatic rings. The Morgan fingerprint density at radius 1 is 1.38 bits per heavy atom. The molecule has 0 bridgehead atoms. The lowest BCUT2D eigenvalue weighted by Gasteiger charge is -2.09. The molecule has 0 saturated heterocycles. The monoisotopic (exact) mass is 181 g/mol. The number of aromatic nitrogens is 1. The number of anilines is 1. The minimum absolute atomic E-state index is 0. The van der Waals surface area contributed by atoms with Gasteiger partial charge in [-0.3, -0.25) is 0 Å². The summed E-state index contributed by atoms with van der Waals surface area (Å²) in [6.07, 6.45) is 5.09. The van der Waals surface area contributed by atoms with Gasteiger partial charge in [-0.05, 0) is 5.92 Å². The SMILES string of the molecule is C.CCC(C)CNc1cc[nH+]cc1. The second-order valence-corrected chi connectivity index (χ2v) is 3.18. The predicted molar refractivity (Wildman–Crippen MR) is 57.7 cm³/mol. The van der Waals surface area contributed by atoms with Gasteiger partial charge in [0.15, 0.2) is 12.4 Å². The average Bonchev–Trinajstić information content (AvgIpc) is 2.16. The summed E-state index contributed by atoms with van der Waals surface area (Å²) in [5.41, 5.74) is 1.19. The van der Waals surface area contributed by atoms with Crippen molar-refractivity contribution in [3.05, 3.63) is 24.5 Å². The Hall–Kier alpha value is -1.05. The quantitative estimate of drug-likeness (QED) is 0.759. The van der Waals surface area contributed by atoms with Crippen molar-refractivity contribution < 1.29 is 4.98 Å². The van der Waals surface area contributed by atoms with Gasteiger partial charge < -0.3 is 5.32 Å². The average molecular weight is 181 g/mol. The van der Waals surface area contributed by atoms with Gasteiger partial charge in [-0.25, -0.2) is 4.98 Å². The number of pyridine rings is 1. The molecule has 2 heteroatoms. The number of H-pyrrole nitrogens is 1. The van der Waals surface area contributed by atoms with Crippen molar-refractivity contribution in [1.29, 1.82) is 0 Å². The fraction of sp³-hybridized carbons (Fsp3) is 0.545. The molecule has 0 fully saturated rings. The van der Waals surface area contributed by atoms with Crippen LogP contribution in [0.1, 0.15) is 27.7 Å². The molecular weight excluding hydrogens is 160 g/mol. The third-order valence-corrected chi connectivity index (χ3v) is 2.07. The Balaban J connectivity index is 0.00000144. The van der Waals surface area contributed by atoms with E-state index in [-0.39, 0.29) is 7.43 Å². The van der Waals surface area contributed by atoms with Gasteiger partial charge >= 0.3 is 0 Å². The molecule has 0 amide bonds. The van der Waals surface area contributed by atoms with Gasteiger partial charge in [-0.15, -0.1) is 0 Å². The molecule has 0 radical (unpaired) electrons. The maximum absolute atomic E-state index is 3.38. The molecule has 0 spiro atoms. The summed E-state index contributed by atoms with van der Waals surface area (Å²) in [6, 6.07) is 4.09. The smallest absolute Gasteiger partial charge is 0.169 e. The molecule has 1 heterocycles. The highest BCUT2D eigenvalue weighted by Crippen LogP contribution is 2.05. The Bertz CT molecular complexity index is 209. The molecule has 2 N–H and O–H groups in total. The predicted octanol–water partition coefficient (Wildman–Crippen LogP) is 2.59. The minimum Gasteiger partial charge on any atom is -0.384 e. The van der Waals surface area contributed by atoms with Crippen LogP contribution in [0.4, 0.5) is 5.69 Å². The maximum atomic E-state index is 3.38. The zero-order valence-electron chi connectivity index (χ0n) is 7.80. The number of hydrogen-bond donors (Lipinski definition) is 1. The Kier molecular flexibility index (Phi) is 5.94. The highest BCUT2D eigenvalue weighted by Gasteiger charge is 1.97. The van der Waals surface area contributed by atoms with Crippen molar-refractivity contribution >= 4 is 5.69 Å². The molecule has 1 aromatic heterocycles. The lowest BCUT2D eigenvalue weighted by atomic mass is 10.1. The van der Waals surface area contributed by atoms with Gasteiger partial charge in [-0.2, -0.15) is 0 Å². The van der Waals surface area contributed by atoms with Crippen LogP contribution in [0.15, 0.2) is 24.5 Å². The first-order chi connectivity index (χ1) is 5.83. The molecule has 2 nitrogen and oxygen atoms in total. The van der Waals surface area contributed by atoms with Gasteiger partial charge in [0.05, 0.1) is 0 Å². The lowest BCUT2D eigenvalue weighted by Crippen LogP contribution is -2.11. The standard InChI is InChI=1S/C10H16N2.CH4/c1-3-9(2)8-12-10-4-6-11-7-5-10;/h4-7,9H,3,8H2,1-2H3,(H,11,12);1H4/p+1. The van der Waals surface area contributed by atoms with Crippen LogP contribution in [0, 0.1) is 5.92 Å². The van der Waals surface area contributed by atoms with E-state index in [1.54, 1.807) is 0 Å². The summed E-state index contributed by atoms with van der Waals surface area (Å²) in [6.45, 7) is 5.52. The number of rotatable bonds is 4. The fourth-order valence-electron chi connectivity index (χ4n) is 0.941. The van der Waals surface area contributed by atoms with Crippen LogP contribution < -0.4 is 10.3 Å². The highest BCUT2D eigenvalue weighted by molar-refractivity contribution is 5.39. The van der Waals surface area contributed by atoms with E-state index < -0.39 is 0 Å². The third kappa shape index (κ3) is 4.51. The molecule has 1 atom stereocenters. The van der Waals surface area contributed by atoms with E-state index in [1.807, 2.05) is 24.5 Å². The van der Waals surface area contributed by atoms with Crippen molar-refractivity contribution in [2.45, 2.75) is 27.7 Å². The van der Waals surface area contributed by atoms with Gasteiger partial charge in [0.2, 0.25) is 0 Å². The molecular formula is C11H21N2+. The molecule has 1 unspecified atom stereocenters. The number of hydrogen-bond acceptors (Lipinski definition) is 1. The summed E-state index contributed by atoms with van der Waals surface area (Å²) >= 11 is 0. The maximum Gasteiger partial charge on any atom is 0.169 e. The molecule has 13 heavy (non-hydrogen) atoms. The van der Waals surface area contributed by atoms with Crippen molar-refractivity contribution in [1.82, 2.24) is 0 Å². The van der Waals surface area contributed by atoms with Crippen molar-refractivity contribution in [2.75, 3.05) is 11.9 Å². The highest BCUT2D eigenvalue weighted by atomic mass is 14.9. The molecule has 0 aromatic carbocycles. The van der Waals surface area contributed by atoms with Crippen molar-refractivity contribution in [3.8, 4) is 0 Å². The third-order valence-electron chi connectivity index (χ3n) is 2.07. The van der Waals surface area contributed by atoms with E-state index in [4.69, 9.17) is 0 Å². The van der Waals surface area contributed by atoms with Crippen molar-refractivity contribution in [2.24, 2.45) is 5.92 Å². The first kappa shape index (κ1) is 11.9. The fourth-order valence-corrected chi connectivity index (χ4v) is 0.941. The van der Waals surface area contributed by atoms with Crippen LogP contribution >= 0.6 is 0 Å². The van der Waals surface area contributed by atoms with Crippen LogP contribution in [-0.4, -0.2) is 6.54 Å². The molecule has 1 rings (SSSR count). The van der Waals surface area contributed by atoms with Crippen molar-refractivity contribution in [3.63, 3.8) is 0 Å². The van der Waals surface area contributed by atoms with E-state index in [2.05, 4.69) is 24.1 Å². The number of nitrogens with one attached hydrogen (secondary N) is 2. The topological polar surface area (TPSA) is 26.2 Å². The molecule has 74 valence electrons. The van der Waals surface area contributed by atoms with E-state index in [1.165, 1.54) is 12.1 Å². The van der Waals surface area contributed by atoms with Crippen LogP contribution in [0.25, 0.3) is 0 Å². The van der Waals surface area contributed by atoms with Gasteiger partial charge in [0.25, 0.3) is 0 Å². The first-order valence-electron chi connectivity index (χ1n) is 4.53. The van der Waals surface area contributed by atoms with Crippen LogP contribution in [-0.2, 0) is 0 Å². The van der Waals surface area contributed by atoms with E-state index >= 15 is 0 Å². The summed E-state index contributed by atoms with van der Waals surface area (Å²) in [4.78, 5) is 2.99. The molecule has 0 aliphatic carbocycles. The normalized spacial score (nSPS) is 11.5. The van der Waals surface area contributed by atoms with E-state index in [9.17, 15) is 0 Å². The first-order valence-corrected chi connectivity index (χ1v) is 4.53. The summed E-state index contributed by atoms with van der Waals surface area (Å²) in [5, 5.41) is 3.38. The number of aromatic amines is 1. The van der Waals surface area contributed by atoms with E-state index in [0.29, 0.717) is 0 Å². The van der Waals surface area contributed by atoms with Gasteiger partial charge in [0.1, 0.15) is 0 Å². The van der Waals surface area contributed by atoms with E-state index in [0.717, 1.165) is 12.5 Å². The van der Waals surface area contributed by atoms with Gasteiger partial charge in [-0.1, -0.05) is 27.7 Å². The zero-order chi connectivity index (χ0) is 8.81.